The van der Waals surface area contributed by atoms with E-state index in [0.29, 0.717) is 0 Å². The first-order valence-electron chi connectivity index (χ1n) is 0.516. The van der Waals surface area contributed by atoms with Gasteiger partial charge in [0.25, 0.3) is 0 Å². The van der Waals surface area contributed by atoms with Crippen LogP contribution < -0.4 is 41.9 Å². The second-order valence-electron chi connectivity index (χ2n) is 0.217. The SMILES string of the molecule is N.N.O=S([O-])O.[Na+]. The van der Waals surface area contributed by atoms with Gasteiger partial charge >= 0.3 is 29.6 Å². The molecule has 0 aliphatic heterocycles. The first kappa shape index (κ1) is 24.5. The molecule has 0 spiro atoms. The van der Waals surface area contributed by atoms with Gasteiger partial charge in [0, 0.05) is 0 Å². The van der Waals surface area contributed by atoms with Crippen molar-refractivity contribution in [2.45, 2.75) is 0 Å². The van der Waals surface area contributed by atoms with Crippen molar-refractivity contribution in [3.05, 3.63) is 0 Å². The fourth-order valence-electron chi connectivity index (χ4n) is 0. The largest absolute Gasteiger partial charge is 1.00 e. The standard InChI is InChI=1S/2H3N.Na.H2O3S/c;;;1-4(2)3/h2*1H3;;(H2,1,2,3)/q;;+1;/p-1. The minimum absolute atomic E-state index is 0. The molecule has 42 valence electrons. The summed E-state index contributed by atoms with van der Waals surface area (Å²) in [6, 6.07) is 0. The summed E-state index contributed by atoms with van der Waals surface area (Å²) >= 11 is -2.86. The molecule has 0 saturated carbocycles. The molecular formula is H7N2NaO3S. The molecule has 1 atom stereocenters. The van der Waals surface area contributed by atoms with Gasteiger partial charge in [-0.3, -0.25) is 0 Å². The van der Waals surface area contributed by atoms with E-state index in [-0.39, 0.29) is 41.9 Å². The monoisotopic (exact) mass is 138 g/mol. The summed E-state index contributed by atoms with van der Waals surface area (Å²) < 4.78 is 24.1. The Hall–Kier alpha value is 0.990. The van der Waals surface area contributed by atoms with Gasteiger partial charge in [-0.25, -0.2) is 4.21 Å². The van der Waals surface area contributed by atoms with Crippen LogP contribution in [0.2, 0.25) is 0 Å². The molecule has 7 heteroatoms. The molecule has 0 radical (unpaired) electrons. The average Bonchev–Trinajstić information content (AvgIpc) is 0.811. The van der Waals surface area contributed by atoms with Crippen molar-refractivity contribution in [2.24, 2.45) is 0 Å². The summed E-state index contributed by atoms with van der Waals surface area (Å²) in [5, 5.41) is 0. The van der Waals surface area contributed by atoms with E-state index in [0.717, 1.165) is 0 Å². The second-order valence-corrected chi connectivity index (χ2v) is 0.651. The third-order valence-electron chi connectivity index (χ3n) is 0. The van der Waals surface area contributed by atoms with E-state index in [9.17, 15) is 0 Å². The normalized spacial score (nSPS) is 8.86. The molecule has 0 saturated heterocycles. The van der Waals surface area contributed by atoms with Crippen molar-refractivity contribution < 1.29 is 42.9 Å². The predicted molar refractivity (Wildman–Crippen MR) is 21.6 cm³/mol. The van der Waals surface area contributed by atoms with Crippen LogP contribution in [0.15, 0.2) is 0 Å². The van der Waals surface area contributed by atoms with E-state index in [1.54, 1.807) is 0 Å². The molecule has 0 aromatic rings. The Morgan fingerprint density at radius 2 is 1.43 bits per heavy atom. The molecule has 0 amide bonds. The Balaban J connectivity index is -0.0000000150. The third kappa shape index (κ3) is 178. The maximum absolute atomic E-state index is 8.56. The van der Waals surface area contributed by atoms with E-state index >= 15 is 0 Å². The molecule has 0 rings (SSSR count). The van der Waals surface area contributed by atoms with Gasteiger partial charge in [0.2, 0.25) is 0 Å². The molecule has 7 heavy (non-hydrogen) atoms. The van der Waals surface area contributed by atoms with Crippen LogP contribution in [0.3, 0.4) is 0 Å². The maximum atomic E-state index is 8.56. The zero-order valence-electron chi connectivity index (χ0n) is 4.09. The minimum atomic E-state index is -2.86. The van der Waals surface area contributed by atoms with Crippen LogP contribution in [0.25, 0.3) is 0 Å². The van der Waals surface area contributed by atoms with Gasteiger partial charge in [0.15, 0.2) is 0 Å². The molecule has 0 aromatic heterocycles. The fourth-order valence-corrected chi connectivity index (χ4v) is 0. The molecule has 0 aliphatic carbocycles. The Labute approximate surface area is 66.4 Å². The Morgan fingerprint density at radius 1 is 1.43 bits per heavy atom. The smallest absolute Gasteiger partial charge is 0.750 e. The molecule has 1 unspecified atom stereocenters. The van der Waals surface area contributed by atoms with Crippen molar-refractivity contribution in [2.75, 3.05) is 0 Å². The molecule has 0 aliphatic rings. The fraction of sp³-hybridized carbons (Fsp3) is 0. The van der Waals surface area contributed by atoms with Gasteiger partial charge in [-0.1, -0.05) is 0 Å². The first-order chi connectivity index (χ1) is 1.73. The quantitative estimate of drug-likeness (QED) is 0.238. The van der Waals surface area contributed by atoms with Crippen LogP contribution in [-0.2, 0) is 11.4 Å². The Morgan fingerprint density at radius 3 is 1.43 bits per heavy atom. The summed E-state index contributed by atoms with van der Waals surface area (Å²) in [6.45, 7) is 0. The summed E-state index contributed by atoms with van der Waals surface area (Å²) in [7, 11) is 0. The van der Waals surface area contributed by atoms with Gasteiger partial charge in [-0.2, -0.15) is 0 Å². The van der Waals surface area contributed by atoms with Crippen molar-refractivity contribution in [1.29, 1.82) is 0 Å². The average molecular weight is 138 g/mol. The van der Waals surface area contributed by atoms with Crippen LogP contribution in [0.1, 0.15) is 0 Å². The van der Waals surface area contributed by atoms with Crippen LogP contribution in [0.5, 0.6) is 0 Å². The molecular weight excluding hydrogens is 131 g/mol. The molecule has 7 N–H and O–H groups in total. The van der Waals surface area contributed by atoms with Crippen molar-refractivity contribution in [3.8, 4) is 0 Å². The van der Waals surface area contributed by atoms with Crippen LogP contribution in [0.4, 0.5) is 0 Å². The molecule has 0 heterocycles. The van der Waals surface area contributed by atoms with Crippen LogP contribution >= 0.6 is 0 Å². The third-order valence-corrected chi connectivity index (χ3v) is 0. The zero-order valence-corrected chi connectivity index (χ0v) is 6.90. The van der Waals surface area contributed by atoms with Crippen molar-refractivity contribution in [3.63, 3.8) is 0 Å². The van der Waals surface area contributed by atoms with Gasteiger partial charge in [0.05, 0.1) is 11.4 Å². The summed E-state index contributed by atoms with van der Waals surface area (Å²) in [6.07, 6.45) is 0. The predicted octanol–water partition coefficient (Wildman–Crippen LogP) is -3.33. The number of hydrogen-bond acceptors (Lipinski definition) is 4. The van der Waals surface area contributed by atoms with E-state index in [2.05, 4.69) is 0 Å². The topological polar surface area (TPSA) is 130 Å². The van der Waals surface area contributed by atoms with Crippen molar-refractivity contribution >= 4 is 11.4 Å². The minimum Gasteiger partial charge on any atom is -0.750 e. The molecule has 5 nitrogen and oxygen atoms in total. The van der Waals surface area contributed by atoms with E-state index < -0.39 is 11.4 Å². The van der Waals surface area contributed by atoms with Gasteiger partial charge < -0.3 is 21.4 Å². The van der Waals surface area contributed by atoms with Crippen molar-refractivity contribution in [1.82, 2.24) is 12.3 Å². The van der Waals surface area contributed by atoms with E-state index in [4.69, 9.17) is 13.3 Å². The second kappa shape index (κ2) is 15.8. The molecule has 0 bridgehead atoms. The van der Waals surface area contributed by atoms with Gasteiger partial charge in [0.1, 0.15) is 0 Å². The first-order valence-corrected chi connectivity index (χ1v) is 1.55. The van der Waals surface area contributed by atoms with E-state index in [1.807, 2.05) is 0 Å². The summed E-state index contributed by atoms with van der Waals surface area (Å²) in [5.41, 5.74) is 0. The maximum Gasteiger partial charge on any atom is 1.00 e. The summed E-state index contributed by atoms with van der Waals surface area (Å²) in [4.78, 5) is 0. The zero-order chi connectivity index (χ0) is 3.58. The van der Waals surface area contributed by atoms with Crippen LogP contribution in [-0.4, -0.2) is 13.3 Å². The molecule has 0 aromatic carbocycles. The van der Waals surface area contributed by atoms with Gasteiger partial charge in [-0.05, 0) is 0 Å². The summed E-state index contributed by atoms with van der Waals surface area (Å²) in [5.74, 6) is 0. The molecule has 0 fully saturated rings. The van der Waals surface area contributed by atoms with Crippen LogP contribution in [0, 0.1) is 0 Å². The van der Waals surface area contributed by atoms with Gasteiger partial charge in [-0.15, -0.1) is 0 Å². The Bertz CT molecular complexity index is 35.9. The van der Waals surface area contributed by atoms with E-state index in [1.165, 1.54) is 0 Å². The number of hydrogen-bond donors (Lipinski definition) is 3. The Kier molecular flexibility index (Phi) is 55.2. The number of rotatable bonds is 0.